The number of nitrogens with one attached hydrogen (secondary N) is 2. The lowest BCUT2D eigenvalue weighted by Gasteiger charge is -2.30. The van der Waals surface area contributed by atoms with E-state index in [9.17, 15) is 9.59 Å². The molecule has 1 atom stereocenters. The van der Waals surface area contributed by atoms with Crippen molar-refractivity contribution in [3.05, 3.63) is 40.1 Å². The molecule has 25 heavy (non-hydrogen) atoms. The van der Waals surface area contributed by atoms with Gasteiger partial charge >= 0.3 is 12.0 Å². The quantitative estimate of drug-likeness (QED) is 0.752. The summed E-state index contributed by atoms with van der Waals surface area (Å²) in [6.45, 7) is 5.77. The fraction of sp³-hybridized carbons (Fsp3) is 0.444. The maximum atomic E-state index is 12.4. The van der Waals surface area contributed by atoms with E-state index in [2.05, 4.69) is 10.6 Å². The minimum Gasteiger partial charge on any atom is -0.491 e. The van der Waals surface area contributed by atoms with Crippen LogP contribution in [0, 0.1) is 0 Å². The number of halogens is 1. The van der Waals surface area contributed by atoms with Crippen LogP contribution in [0.25, 0.3) is 0 Å². The second-order valence-corrected chi connectivity index (χ2v) is 6.45. The van der Waals surface area contributed by atoms with Gasteiger partial charge < -0.3 is 20.1 Å². The third kappa shape index (κ3) is 4.45. The molecule has 0 saturated heterocycles. The topological polar surface area (TPSA) is 76.7 Å². The Balaban J connectivity index is 2.61. The molecule has 0 saturated carbocycles. The first-order valence-electron chi connectivity index (χ1n) is 8.22. The van der Waals surface area contributed by atoms with Crippen molar-refractivity contribution in [1.29, 1.82) is 0 Å². The number of urea groups is 1. The summed E-state index contributed by atoms with van der Waals surface area (Å²) in [5, 5.41) is 5.98. The van der Waals surface area contributed by atoms with Gasteiger partial charge in [-0.15, -0.1) is 0 Å². The molecule has 0 fully saturated rings. The Morgan fingerprint density at radius 3 is 2.68 bits per heavy atom. The third-order valence-corrected chi connectivity index (χ3v) is 3.94. The molecule has 7 heteroatoms. The molecule has 136 valence electrons. The molecule has 1 heterocycles. The number of amides is 2. The minimum atomic E-state index is -0.699. The molecule has 0 spiro atoms. The van der Waals surface area contributed by atoms with Crippen LogP contribution in [0.4, 0.5) is 4.79 Å². The van der Waals surface area contributed by atoms with Crippen molar-refractivity contribution in [1.82, 2.24) is 10.6 Å². The van der Waals surface area contributed by atoms with Gasteiger partial charge in [-0.1, -0.05) is 24.9 Å². The summed E-state index contributed by atoms with van der Waals surface area (Å²) in [5.74, 6) is 0.0558. The standard InChI is InChI=1S/C18H23ClN2O4/c1-5-6-13-15(17(22)24-4)16(21-18(23)20-13)12-9-11(19)7-8-14(12)25-10(2)3/h7-10,16H,5-6H2,1-4H3,(H2,20,21,23). The number of hydrogen-bond acceptors (Lipinski definition) is 4. The van der Waals surface area contributed by atoms with Crippen LogP contribution in [0.5, 0.6) is 5.75 Å². The van der Waals surface area contributed by atoms with E-state index >= 15 is 0 Å². The Bertz CT molecular complexity index is 700. The fourth-order valence-corrected chi connectivity index (χ4v) is 2.94. The normalized spacial score (nSPS) is 17.2. The SMILES string of the molecule is CCCC1=C(C(=O)OC)C(c2cc(Cl)ccc2OC(C)C)NC(=O)N1. The molecule has 1 aliphatic rings. The number of ether oxygens (including phenoxy) is 2. The Morgan fingerprint density at radius 2 is 2.08 bits per heavy atom. The summed E-state index contributed by atoms with van der Waals surface area (Å²) < 4.78 is 10.8. The number of methoxy groups -OCH3 is 1. The van der Waals surface area contributed by atoms with Crippen LogP contribution in [0.1, 0.15) is 45.2 Å². The van der Waals surface area contributed by atoms with Gasteiger partial charge in [-0.3, -0.25) is 0 Å². The number of rotatable bonds is 6. The maximum Gasteiger partial charge on any atom is 0.337 e. The highest BCUT2D eigenvalue weighted by Crippen LogP contribution is 2.36. The summed E-state index contributed by atoms with van der Waals surface area (Å²) >= 11 is 6.15. The molecular weight excluding hydrogens is 344 g/mol. The van der Waals surface area contributed by atoms with E-state index in [-0.39, 0.29) is 12.1 Å². The lowest BCUT2D eigenvalue weighted by Crippen LogP contribution is -2.46. The van der Waals surface area contributed by atoms with Crippen molar-refractivity contribution in [2.24, 2.45) is 0 Å². The number of esters is 1. The van der Waals surface area contributed by atoms with Gasteiger partial charge in [0.15, 0.2) is 0 Å². The Morgan fingerprint density at radius 1 is 1.36 bits per heavy atom. The molecule has 1 unspecified atom stereocenters. The van der Waals surface area contributed by atoms with E-state index in [4.69, 9.17) is 21.1 Å². The highest BCUT2D eigenvalue weighted by atomic mass is 35.5. The largest absolute Gasteiger partial charge is 0.491 e. The zero-order valence-electron chi connectivity index (χ0n) is 14.8. The van der Waals surface area contributed by atoms with Gasteiger partial charge in [0.05, 0.1) is 24.8 Å². The molecule has 6 nitrogen and oxygen atoms in total. The number of benzene rings is 1. The molecule has 1 aromatic rings. The summed E-state index contributed by atoms with van der Waals surface area (Å²) in [6, 6.07) is 4.06. The van der Waals surface area contributed by atoms with Crippen LogP contribution in [-0.4, -0.2) is 25.2 Å². The van der Waals surface area contributed by atoms with E-state index in [1.54, 1.807) is 18.2 Å². The van der Waals surface area contributed by atoms with Crippen molar-refractivity contribution in [2.75, 3.05) is 7.11 Å². The maximum absolute atomic E-state index is 12.4. The summed E-state index contributed by atoms with van der Waals surface area (Å²) in [6.07, 6.45) is 1.25. The minimum absolute atomic E-state index is 0.0713. The van der Waals surface area contributed by atoms with Crippen LogP contribution < -0.4 is 15.4 Å². The average molecular weight is 367 g/mol. The first kappa shape index (κ1) is 19.1. The Kier molecular flexibility index (Phi) is 6.31. The monoisotopic (exact) mass is 366 g/mol. The highest BCUT2D eigenvalue weighted by molar-refractivity contribution is 6.30. The smallest absolute Gasteiger partial charge is 0.337 e. The molecule has 2 N–H and O–H groups in total. The van der Waals surface area contributed by atoms with E-state index in [0.717, 1.165) is 6.42 Å². The van der Waals surface area contributed by atoms with E-state index in [1.807, 2.05) is 20.8 Å². The van der Waals surface area contributed by atoms with Crippen molar-refractivity contribution in [2.45, 2.75) is 45.8 Å². The molecule has 0 aromatic heterocycles. The van der Waals surface area contributed by atoms with Gasteiger partial charge in [-0.2, -0.15) is 0 Å². The predicted octanol–water partition coefficient (Wildman–Crippen LogP) is 3.71. The summed E-state index contributed by atoms with van der Waals surface area (Å²) in [5.41, 5.74) is 1.53. The predicted molar refractivity (Wildman–Crippen MR) is 95.6 cm³/mol. The third-order valence-electron chi connectivity index (χ3n) is 3.70. The van der Waals surface area contributed by atoms with E-state index < -0.39 is 12.0 Å². The molecular formula is C18H23ClN2O4. The number of carbonyl (C=O) groups excluding carboxylic acids is 2. The molecule has 1 aromatic carbocycles. The van der Waals surface area contributed by atoms with Gasteiger partial charge in [-0.05, 0) is 38.5 Å². The van der Waals surface area contributed by atoms with Gasteiger partial charge in [0, 0.05) is 16.3 Å². The number of carbonyl (C=O) groups is 2. The second kappa shape index (κ2) is 8.25. The van der Waals surface area contributed by atoms with Crippen LogP contribution in [0.3, 0.4) is 0 Å². The van der Waals surface area contributed by atoms with Crippen LogP contribution >= 0.6 is 11.6 Å². The number of hydrogen-bond donors (Lipinski definition) is 2. The lowest BCUT2D eigenvalue weighted by atomic mass is 9.93. The lowest BCUT2D eigenvalue weighted by molar-refractivity contribution is -0.136. The number of allylic oxidation sites excluding steroid dienone is 1. The van der Waals surface area contributed by atoms with Crippen molar-refractivity contribution in [3.8, 4) is 5.75 Å². The van der Waals surface area contributed by atoms with E-state index in [0.29, 0.717) is 34.0 Å². The average Bonchev–Trinajstić information content (AvgIpc) is 2.55. The van der Waals surface area contributed by atoms with Gasteiger partial charge in [0.2, 0.25) is 0 Å². The van der Waals surface area contributed by atoms with Gasteiger partial charge in [-0.25, -0.2) is 9.59 Å². The molecule has 0 bridgehead atoms. The van der Waals surface area contributed by atoms with Crippen LogP contribution in [0.2, 0.25) is 5.02 Å². The van der Waals surface area contributed by atoms with Gasteiger partial charge in [0.25, 0.3) is 0 Å². The summed E-state index contributed by atoms with van der Waals surface area (Å²) in [4.78, 5) is 24.5. The zero-order chi connectivity index (χ0) is 18.6. The Labute approximate surface area is 152 Å². The van der Waals surface area contributed by atoms with Crippen molar-refractivity contribution in [3.63, 3.8) is 0 Å². The Hall–Kier alpha value is -2.21. The van der Waals surface area contributed by atoms with Crippen LogP contribution in [0.15, 0.2) is 29.5 Å². The first-order chi connectivity index (χ1) is 11.9. The second-order valence-electron chi connectivity index (χ2n) is 6.01. The van der Waals surface area contributed by atoms with Crippen molar-refractivity contribution >= 4 is 23.6 Å². The van der Waals surface area contributed by atoms with E-state index in [1.165, 1.54) is 7.11 Å². The van der Waals surface area contributed by atoms with Crippen molar-refractivity contribution < 1.29 is 19.1 Å². The molecule has 0 aliphatic carbocycles. The summed E-state index contributed by atoms with van der Waals surface area (Å²) in [7, 11) is 1.32. The fourth-order valence-electron chi connectivity index (χ4n) is 2.76. The van der Waals surface area contributed by atoms with Gasteiger partial charge in [0.1, 0.15) is 5.75 Å². The van der Waals surface area contributed by atoms with Crippen LogP contribution in [-0.2, 0) is 9.53 Å². The molecule has 2 amide bonds. The molecule has 0 radical (unpaired) electrons. The molecule has 1 aliphatic heterocycles. The first-order valence-corrected chi connectivity index (χ1v) is 8.60. The molecule has 2 rings (SSSR count). The zero-order valence-corrected chi connectivity index (χ0v) is 15.6. The highest BCUT2D eigenvalue weighted by Gasteiger charge is 2.35.